The number of anilines is 1. The van der Waals surface area contributed by atoms with E-state index in [9.17, 15) is 9.90 Å². The summed E-state index contributed by atoms with van der Waals surface area (Å²) in [7, 11) is 1.61. The molecule has 0 atom stereocenters. The highest BCUT2D eigenvalue weighted by Gasteiger charge is 2.23. The topological polar surface area (TPSA) is 67.1 Å². The van der Waals surface area contributed by atoms with Crippen LogP contribution in [0, 0.1) is 0 Å². The van der Waals surface area contributed by atoms with Gasteiger partial charge in [0.25, 0.3) is 0 Å². The first-order valence-electron chi connectivity index (χ1n) is 5.72. The minimum Gasteiger partial charge on any atom is -0.476 e. The SMILES string of the molecule is C=CCN(CCOC)c1nc2sccn2c1C(=O)O. The molecule has 0 unspecified atom stereocenters. The average molecular weight is 281 g/mol. The number of imidazole rings is 1. The number of methoxy groups -OCH3 is 1. The van der Waals surface area contributed by atoms with Crippen molar-refractivity contribution in [1.29, 1.82) is 0 Å². The van der Waals surface area contributed by atoms with Gasteiger partial charge < -0.3 is 14.7 Å². The number of rotatable bonds is 7. The fraction of sp³-hybridized carbons (Fsp3) is 0.333. The molecule has 0 bridgehead atoms. The Kier molecular flexibility index (Phi) is 4.18. The average Bonchev–Trinajstić information content (AvgIpc) is 2.93. The molecule has 0 saturated carbocycles. The molecular formula is C12H15N3O3S. The number of carboxylic acid groups (broad SMARTS) is 1. The monoisotopic (exact) mass is 281 g/mol. The molecule has 0 spiro atoms. The van der Waals surface area contributed by atoms with Crippen LogP contribution >= 0.6 is 11.3 Å². The van der Waals surface area contributed by atoms with Crippen LogP contribution in [-0.2, 0) is 4.74 Å². The van der Waals surface area contributed by atoms with Crippen LogP contribution < -0.4 is 4.90 Å². The molecule has 7 heteroatoms. The van der Waals surface area contributed by atoms with Gasteiger partial charge in [0.15, 0.2) is 16.5 Å². The summed E-state index contributed by atoms with van der Waals surface area (Å²) in [6.07, 6.45) is 3.43. The van der Waals surface area contributed by atoms with Gasteiger partial charge in [0.1, 0.15) is 0 Å². The van der Waals surface area contributed by atoms with Crippen molar-refractivity contribution in [3.63, 3.8) is 0 Å². The first-order valence-corrected chi connectivity index (χ1v) is 6.60. The van der Waals surface area contributed by atoms with E-state index in [1.807, 2.05) is 10.3 Å². The molecule has 2 rings (SSSR count). The van der Waals surface area contributed by atoms with E-state index in [-0.39, 0.29) is 5.69 Å². The highest BCUT2D eigenvalue weighted by molar-refractivity contribution is 7.15. The van der Waals surface area contributed by atoms with Crippen LogP contribution in [-0.4, -0.2) is 47.3 Å². The second-order valence-corrected chi connectivity index (χ2v) is 4.75. The third-order valence-corrected chi connectivity index (χ3v) is 3.42. The summed E-state index contributed by atoms with van der Waals surface area (Å²) in [5.41, 5.74) is 0.175. The lowest BCUT2D eigenvalue weighted by atomic mass is 10.3. The molecule has 0 fully saturated rings. The maximum Gasteiger partial charge on any atom is 0.356 e. The van der Waals surface area contributed by atoms with E-state index in [0.29, 0.717) is 30.5 Å². The van der Waals surface area contributed by atoms with Gasteiger partial charge in [0.2, 0.25) is 0 Å². The quantitative estimate of drug-likeness (QED) is 0.783. The predicted octanol–water partition coefficient (Wildman–Crippen LogP) is 1.73. The van der Waals surface area contributed by atoms with Gasteiger partial charge >= 0.3 is 5.97 Å². The molecule has 6 nitrogen and oxygen atoms in total. The second-order valence-electron chi connectivity index (χ2n) is 3.87. The van der Waals surface area contributed by atoms with Gasteiger partial charge in [-0.2, -0.15) is 0 Å². The Labute approximate surface area is 114 Å². The van der Waals surface area contributed by atoms with Crippen LogP contribution in [0.3, 0.4) is 0 Å². The fourth-order valence-electron chi connectivity index (χ4n) is 1.83. The van der Waals surface area contributed by atoms with Gasteiger partial charge in [-0.25, -0.2) is 9.78 Å². The summed E-state index contributed by atoms with van der Waals surface area (Å²) in [6.45, 7) is 5.27. The van der Waals surface area contributed by atoms with Gasteiger partial charge in [0, 0.05) is 31.8 Å². The molecule has 2 aromatic heterocycles. The van der Waals surface area contributed by atoms with Gasteiger partial charge in [-0.15, -0.1) is 17.9 Å². The van der Waals surface area contributed by atoms with Crippen LogP contribution in [0.25, 0.3) is 4.96 Å². The summed E-state index contributed by atoms with van der Waals surface area (Å²) >= 11 is 1.40. The van der Waals surface area contributed by atoms with E-state index >= 15 is 0 Å². The van der Waals surface area contributed by atoms with Crippen LogP contribution in [0.15, 0.2) is 24.2 Å². The normalized spacial score (nSPS) is 10.8. The number of carboxylic acids is 1. The molecule has 0 aliphatic carbocycles. The zero-order valence-corrected chi connectivity index (χ0v) is 11.4. The van der Waals surface area contributed by atoms with Gasteiger partial charge in [-0.1, -0.05) is 6.08 Å². The molecule has 102 valence electrons. The van der Waals surface area contributed by atoms with Crippen LogP contribution in [0.5, 0.6) is 0 Å². The summed E-state index contributed by atoms with van der Waals surface area (Å²) in [5.74, 6) is -0.538. The van der Waals surface area contributed by atoms with Crippen LogP contribution in [0.1, 0.15) is 10.5 Å². The van der Waals surface area contributed by atoms with Crippen molar-refractivity contribution in [2.24, 2.45) is 0 Å². The van der Waals surface area contributed by atoms with Gasteiger partial charge in [-0.3, -0.25) is 4.40 Å². The minimum atomic E-state index is -0.993. The number of nitrogens with zero attached hydrogens (tertiary/aromatic N) is 3. The van der Waals surface area contributed by atoms with Gasteiger partial charge in [0.05, 0.1) is 6.61 Å². The molecule has 2 heterocycles. The lowest BCUT2D eigenvalue weighted by Gasteiger charge is -2.20. The highest BCUT2D eigenvalue weighted by atomic mass is 32.1. The molecule has 0 radical (unpaired) electrons. The lowest BCUT2D eigenvalue weighted by Crippen LogP contribution is -2.29. The predicted molar refractivity (Wildman–Crippen MR) is 74.3 cm³/mol. The van der Waals surface area contributed by atoms with Crippen molar-refractivity contribution in [1.82, 2.24) is 9.38 Å². The lowest BCUT2D eigenvalue weighted by molar-refractivity contribution is 0.0690. The maximum atomic E-state index is 11.4. The van der Waals surface area contributed by atoms with Crippen molar-refractivity contribution in [2.45, 2.75) is 0 Å². The Bertz CT molecular complexity index is 590. The number of aromatic carboxylic acids is 1. The largest absolute Gasteiger partial charge is 0.476 e. The summed E-state index contributed by atoms with van der Waals surface area (Å²) in [6, 6.07) is 0. The third-order valence-electron chi connectivity index (χ3n) is 2.66. The Morgan fingerprint density at radius 1 is 1.74 bits per heavy atom. The van der Waals surface area contributed by atoms with Crippen LogP contribution in [0.2, 0.25) is 0 Å². The number of carbonyl (C=O) groups is 1. The van der Waals surface area contributed by atoms with Gasteiger partial charge in [-0.05, 0) is 0 Å². The third kappa shape index (κ3) is 2.61. The minimum absolute atomic E-state index is 0.175. The molecule has 0 amide bonds. The Morgan fingerprint density at radius 2 is 2.53 bits per heavy atom. The number of ether oxygens (including phenoxy) is 1. The molecule has 0 aromatic carbocycles. The van der Waals surface area contributed by atoms with E-state index in [2.05, 4.69) is 11.6 Å². The number of aromatic nitrogens is 2. The Hall–Kier alpha value is -1.86. The Morgan fingerprint density at radius 3 is 3.16 bits per heavy atom. The highest BCUT2D eigenvalue weighted by Crippen LogP contribution is 2.24. The van der Waals surface area contributed by atoms with Crippen molar-refractivity contribution in [2.75, 3.05) is 31.7 Å². The van der Waals surface area contributed by atoms with E-state index in [1.54, 1.807) is 23.8 Å². The molecule has 2 aromatic rings. The van der Waals surface area contributed by atoms with Crippen molar-refractivity contribution in [3.05, 3.63) is 29.9 Å². The zero-order chi connectivity index (χ0) is 13.8. The maximum absolute atomic E-state index is 11.4. The molecule has 0 aliphatic rings. The number of thiazole rings is 1. The summed E-state index contributed by atoms with van der Waals surface area (Å²) in [5, 5.41) is 11.2. The molecule has 0 aliphatic heterocycles. The smallest absolute Gasteiger partial charge is 0.356 e. The first kappa shape index (κ1) is 13.6. The van der Waals surface area contributed by atoms with E-state index < -0.39 is 5.97 Å². The van der Waals surface area contributed by atoms with E-state index in [4.69, 9.17) is 4.74 Å². The number of hydrogen-bond donors (Lipinski definition) is 1. The first-order chi connectivity index (χ1) is 9.19. The van der Waals surface area contributed by atoms with Crippen LogP contribution in [0.4, 0.5) is 5.82 Å². The van der Waals surface area contributed by atoms with E-state index in [1.165, 1.54) is 11.3 Å². The van der Waals surface area contributed by atoms with Crippen molar-refractivity contribution in [3.8, 4) is 0 Å². The number of hydrogen-bond acceptors (Lipinski definition) is 5. The van der Waals surface area contributed by atoms with Crippen molar-refractivity contribution < 1.29 is 14.6 Å². The zero-order valence-electron chi connectivity index (χ0n) is 10.6. The van der Waals surface area contributed by atoms with E-state index in [0.717, 1.165) is 0 Å². The molecule has 0 saturated heterocycles. The number of fused-ring (bicyclic) bond motifs is 1. The Balaban J connectivity index is 2.45. The molecule has 19 heavy (non-hydrogen) atoms. The molecular weight excluding hydrogens is 266 g/mol. The molecule has 1 N–H and O–H groups in total. The van der Waals surface area contributed by atoms with Crippen molar-refractivity contribution >= 4 is 28.1 Å². The standard InChI is InChI=1S/C12H15N3O3S/c1-3-4-14(5-7-18-2)10-9(11(16)17)15-6-8-19-12(15)13-10/h3,6,8H,1,4-5,7H2,2H3,(H,16,17). The second kappa shape index (κ2) is 5.85. The summed E-state index contributed by atoms with van der Waals surface area (Å²) < 4.78 is 6.63. The fourth-order valence-corrected chi connectivity index (χ4v) is 2.54. The summed E-state index contributed by atoms with van der Waals surface area (Å²) in [4.78, 5) is 18.3.